The Morgan fingerprint density at radius 2 is 1.66 bits per heavy atom. The molecule has 2 aliphatic carbocycles. The summed E-state index contributed by atoms with van der Waals surface area (Å²) in [4.78, 5) is 40.5. The molecule has 1 aliphatic heterocycles. The van der Waals surface area contributed by atoms with Crippen LogP contribution in [0.5, 0.6) is 0 Å². The fourth-order valence-corrected chi connectivity index (χ4v) is 5.01. The zero-order chi connectivity index (χ0) is 20.4. The van der Waals surface area contributed by atoms with Crippen molar-refractivity contribution >= 4 is 17.8 Å². The van der Waals surface area contributed by atoms with Crippen molar-refractivity contribution in [1.29, 1.82) is 0 Å². The molecule has 3 fully saturated rings. The van der Waals surface area contributed by atoms with Crippen molar-refractivity contribution < 1.29 is 18.8 Å². The minimum absolute atomic E-state index is 0.0702. The first-order valence-electron chi connectivity index (χ1n) is 10.7. The second-order valence-electron chi connectivity index (χ2n) is 8.47. The van der Waals surface area contributed by atoms with Crippen LogP contribution in [0.1, 0.15) is 63.0 Å². The first kappa shape index (κ1) is 19.9. The lowest BCUT2D eigenvalue weighted by Gasteiger charge is -2.26. The molecule has 1 N–H and O–H groups in total. The number of nitrogens with zero attached hydrogens (tertiary/aromatic N) is 2. The number of rotatable bonds is 6. The van der Waals surface area contributed by atoms with E-state index in [1.54, 1.807) is 17.0 Å². The van der Waals surface area contributed by atoms with Crippen molar-refractivity contribution in [3.05, 3.63) is 35.6 Å². The van der Waals surface area contributed by atoms with Crippen LogP contribution in [0.3, 0.4) is 0 Å². The molecule has 29 heavy (non-hydrogen) atoms. The van der Waals surface area contributed by atoms with Gasteiger partial charge in [0.05, 0.1) is 6.04 Å². The number of halogens is 1. The Labute approximate surface area is 170 Å². The van der Waals surface area contributed by atoms with Crippen LogP contribution in [0.25, 0.3) is 0 Å². The molecule has 0 bridgehead atoms. The summed E-state index contributed by atoms with van der Waals surface area (Å²) in [5, 5.41) is 3.02. The average Bonchev–Trinajstić information content (AvgIpc) is 3.46. The largest absolute Gasteiger partial charge is 0.347 e. The van der Waals surface area contributed by atoms with E-state index in [4.69, 9.17) is 0 Å². The van der Waals surface area contributed by atoms with E-state index < -0.39 is 0 Å². The molecule has 1 aromatic carbocycles. The summed E-state index contributed by atoms with van der Waals surface area (Å²) >= 11 is 0. The molecule has 0 spiro atoms. The zero-order valence-corrected chi connectivity index (χ0v) is 16.6. The summed E-state index contributed by atoms with van der Waals surface area (Å²) < 4.78 is 13.3. The van der Waals surface area contributed by atoms with Crippen LogP contribution in [-0.4, -0.2) is 46.8 Å². The third-order valence-corrected chi connectivity index (χ3v) is 6.57. The van der Waals surface area contributed by atoms with E-state index in [0.717, 1.165) is 61.8 Å². The number of hydrogen-bond acceptors (Lipinski definition) is 3. The quantitative estimate of drug-likeness (QED) is 0.743. The number of carbonyl (C=O) groups is 3. The number of nitrogens with one attached hydrogen (secondary N) is 1. The van der Waals surface area contributed by atoms with Crippen molar-refractivity contribution in [2.45, 2.75) is 63.5 Å². The molecule has 1 unspecified atom stereocenters. The number of hydrogen-bond donors (Lipinski definition) is 1. The highest BCUT2D eigenvalue weighted by molar-refractivity contribution is 6.04. The minimum atomic E-state index is -0.351. The van der Waals surface area contributed by atoms with Crippen LogP contribution >= 0.6 is 0 Å². The molecule has 4 rings (SSSR count). The summed E-state index contributed by atoms with van der Waals surface area (Å²) in [5.41, 5.74) is 0.860. The summed E-state index contributed by atoms with van der Waals surface area (Å²) in [5.74, 6) is -0.688. The van der Waals surface area contributed by atoms with Crippen LogP contribution in [0.2, 0.25) is 0 Å². The molecular weight excluding hydrogens is 373 g/mol. The summed E-state index contributed by atoms with van der Waals surface area (Å²) in [6.45, 7) is -0.188. The Kier molecular flexibility index (Phi) is 5.83. The smallest absolute Gasteiger partial charge is 0.327 e. The van der Waals surface area contributed by atoms with E-state index in [1.165, 1.54) is 12.1 Å². The lowest BCUT2D eigenvalue weighted by atomic mass is 9.91. The lowest BCUT2D eigenvalue weighted by molar-refractivity contribution is -0.131. The van der Waals surface area contributed by atoms with Gasteiger partial charge in [-0.25, -0.2) is 9.18 Å². The summed E-state index contributed by atoms with van der Waals surface area (Å²) in [6.07, 6.45) is 8.21. The van der Waals surface area contributed by atoms with Gasteiger partial charge in [0.15, 0.2) is 0 Å². The fraction of sp³-hybridized carbons (Fsp3) is 0.591. The Bertz CT molecular complexity index is 770. The van der Waals surface area contributed by atoms with Crippen molar-refractivity contribution in [2.75, 3.05) is 13.1 Å². The van der Waals surface area contributed by atoms with E-state index >= 15 is 0 Å². The molecule has 1 atom stereocenters. The Balaban J connectivity index is 1.43. The number of urea groups is 1. The highest BCUT2D eigenvalue weighted by atomic mass is 19.1. The lowest BCUT2D eigenvalue weighted by Crippen LogP contribution is -2.44. The molecule has 1 saturated heterocycles. The monoisotopic (exact) mass is 401 g/mol. The van der Waals surface area contributed by atoms with Gasteiger partial charge in [-0.15, -0.1) is 0 Å². The third kappa shape index (κ3) is 4.28. The molecule has 6 nitrogen and oxygen atoms in total. The molecule has 2 saturated carbocycles. The predicted molar refractivity (Wildman–Crippen MR) is 105 cm³/mol. The fourth-order valence-electron chi connectivity index (χ4n) is 5.01. The van der Waals surface area contributed by atoms with Gasteiger partial charge >= 0.3 is 6.03 Å². The molecule has 1 heterocycles. The first-order valence-corrected chi connectivity index (χ1v) is 10.7. The maximum atomic E-state index is 13.3. The van der Waals surface area contributed by atoms with Gasteiger partial charge in [0.25, 0.3) is 5.91 Å². The van der Waals surface area contributed by atoms with Gasteiger partial charge in [0.2, 0.25) is 5.91 Å². The van der Waals surface area contributed by atoms with E-state index in [1.807, 2.05) is 0 Å². The summed E-state index contributed by atoms with van der Waals surface area (Å²) in [6, 6.07) is 5.73. The second-order valence-corrected chi connectivity index (χ2v) is 8.47. The first-order chi connectivity index (χ1) is 14.0. The molecule has 3 aliphatic rings. The normalized spacial score (nSPS) is 22.0. The minimum Gasteiger partial charge on any atom is -0.347 e. The zero-order valence-electron chi connectivity index (χ0n) is 16.6. The van der Waals surface area contributed by atoms with Crippen LogP contribution in [0, 0.1) is 11.7 Å². The average molecular weight is 401 g/mol. The van der Waals surface area contributed by atoms with E-state index in [0.29, 0.717) is 0 Å². The van der Waals surface area contributed by atoms with Crippen LogP contribution in [0.15, 0.2) is 24.3 Å². The molecule has 7 heteroatoms. The third-order valence-electron chi connectivity index (χ3n) is 6.57. The van der Waals surface area contributed by atoms with Gasteiger partial charge in [-0.1, -0.05) is 37.8 Å². The van der Waals surface area contributed by atoms with E-state index in [-0.39, 0.29) is 54.8 Å². The Morgan fingerprint density at radius 1 is 1.03 bits per heavy atom. The van der Waals surface area contributed by atoms with Gasteiger partial charge in [-0.05, 0) is 49.3 Å². The van der Waals surface area contributed by atoms with Gasteiger partial charge < -0.3 is 10.2 Å². The Morgan fingerprint density at radius 3 is 2.31 bits per heavy atom. The van der Waals surface area contributed by atoms with Crippen molar-refractivity contribution in [3.63, 3.8) is 0 Å². The van der Waals surface area contributed by atoms with Gasteiger partial charge in [0.1, 0.15) is 18.9 Å². The predicted octanol–water partition coefficient (Wildman–Crippen LogP) is 3.38. The SMILES string of the molecule is O=C(CN1C(=O)CN(C2CCCC2)C1=O)NC(c1ccc(F)cc1)C1CCCC1. The van der Waals surface area contributed by atoms with E-state index in [9.17, 15) is 18.8 Å². The second kappa shape index (κ2) is 8.51. The highest BCUT2D eigenvalue weighted by Crippen LogP contribution is 2.36. The highest BCUT2D eigenvalue weighted by Gasteiger charge is 2.41. The van der Waals surface area contributed by atoms with Gasteiger partial charge in [-0.2, -0.15) is 0 Å². The molecule has 0 radical (unpaired) electrons. The van der Waals surface area contributed by atoms with Crippen LogP contribution in [-0.2, 0) is 9.59 Å². The molecule has 4 amide bonds. The summed E-state index contributed by atoms with van der Waals surface area (Å²) in [7, 11) is 0. The standard InChI is InChI=1S/C22H28FN3O3/c23-17-11-9-16(10-12-17)21(15-5-1-2-6-15)24-19(27)13-26-20(28)14-25(22(26)29)18-7-3-4-8-18/h9-12,15,18,21H,1-8,13-14H2,(H,24,27). The van der Waals surface area contributed by atoms with Crippen molar-refractivity contribution in [1.82, 2.24) is 15.1 Å². The maximum Gasteiger partial charge on any atom is 0.327 e. The maximum absolute atomic E-state index is 13.3. The number of imide groups is 1. The van der Waals surface area contributed by atoms with Crippen LogP contribution < -0.4 is 5.32 Å². The number of carbonyl (C=O) groups excluding carboxylic acids is 3. The molecule has 1 aromatic rings. The molecular formula is C22H28FN3O3. The number of benzene rings is 1. The van der Waals surface area contributed by atoms with Gasteiger partial charge in [-0.3, -0.25) is 14.5 Å². The molecule has 156 valence electrons. The van der Waals surface area contributed by atoms with Crippen molar-refractivity contribution in [3.8, 4) is 0 Å². The molecule has 0 aromatic heterocycles. The Hall–Kier alpha value is -2.44. The topological polar surface area (TPSA) is 69.7 Å². The van der Waals surface area contributed by atoms with Crippen LogP contribution in [0.4, 0.5) is 9.18 Å². The van der Waals surface area contributed by atoms with Gasteiger partial charge in [0, 0.05) is 6.04 Å². The van der Waals surface area contributed by atoms with E-state index in [2.05, 4.69) is 5.32 Å². The van der Waals surface area contributed by atoms with Crippen molar-refractivity contribution in [2.24, 2.45) is 5.92 Å². The number of amides is 4.